The van der Waals surface area contributed by atoms with Gasteiger partial charge in [-0.25, -0.2) is 4.98 Å². The summed E-state index contributed by atoms with van der Waals surface area (Å²) >= 11 is 0. The number of nitrogens with one attached hydrogen (secondary N) is 1. The minimum atomic E-state index is -0.313. The monoisotopic (exact) mass is 183 g/mol. The van der Waals surface area contributed by atoms with Crippen LogP contribution in [-0.2, 0) is 16.0 Å². The molecule has 0 saturated carbocycles. The van der Waals surface area contributed by atoms with Crippen molar-refractivity contribution in [3.05, 3.63) is 11.6 Å². The van der Waals surface area contributed by atoms with Crippen molar-refractivity contribution in [3.8, 4) is 0 Å². The summed E-state index contributed by atoms with van der Waals surface area (Å²) in [7, 11) is 1.35. The van der Waals surface area contributed by atoms with Crippen LogP contribution in [0.3, 0.4) is 0 Å². The Hall–Kier alpha value is -1.39. The zero-order valence-electron chi connectivity index (χ0n) is 8.00. The van der Waals surface area contributed by atoms with Crippen molar-refractivity contribution in [3.63, 3.8) is 0 Å². The molecule has 13 heavy (non-hydrogen) atoms. The summed E-state index contributed by atoms with van der Waals surface area (Å²) in [5.74, 6) is 1.23. The maximum absolute atomic E-state index is 10.9. The van der Waals surface area contributed by atoms with Crippen molar-refractivity contribution in [1.82, 2.24) is 15.2 Å². The summed E-state index contributed by atoms with van der Waals surface area (Å²) in [6.45, 7) is 3.98. The van der Waals surface area contributed by atoms with Gasteiger partial charge < -0.3 is 4.74 Å². The number of aromatic amines is 1. The fourth-order valence-electron chi connectivity index (χ4n) is 0.856. The molecular weight excluding hydrogens is 170 g/mol. The van der Waals surface area contributed by atoms with Crippen molar-refractivity contribution in [1.29, 1.82) is 0 Å². The van der Waals surface area contributed by atoms with Crippen LogP contribution in [0.15, 0.2) is 0 Å². The number of rotatable bonds is 3. The van der Waals surface area contributed by atoms with Crippen LogP contribution in [0.1, 0.15) is 31.4 Å². The van der Waals surface area contributed by atoms with Gasteiger partial charge in [0.05, 0.1) is 7.11 Å². The van der Waals surface area contributed by atoms with Crippen LogP contribution >= 0.6 is 0 Å². The number of methoxy groups -OCH3 is 1. The third kappa shape index (κ3) is 2.54. The van der Waals surface area contributed by atoms with Crippen molar-refractivity contribution in [2.75, 3.05) is 7.11 Å². The maximum atomic E-state index is 10.9. The molecule has 0 fully saturated rings. The normalized spacial score (nSPS) is 10.5. The van der Waals surface area contributed by atoms with Gasteiger partial charge in [0.25, 0.3) is 0 Å². The van der Waals surface area contributed by atoms with Crippen LogP contribution in [0.5, 0.6) is 0 Å². The predicted molar refractivity (Wildman–Crippen MR) is 46.2 cm³/mol. The van der Waals surface area contributed by atoms with Gasteiger partial charge in [0.15, 0.2) is 5.82 Å². The Morgan fingerprint density at radius 2 is 2.31 bits per heavy atom. The molecule has 5 heteroatoms. The van der Waals surface area contributed by atoms with Crippen molar-refractivity contribution in [2.24, 2.45) is 0 Å². The minimum Gasteiger partial charge on any atom is -0.469 e. The molecule has 0 spiro atoms. The van der Waals surface area contributed by atoms with E-state index in [1.807, 2.05) is 13.8 Å². The minimum absolute atomic E-state index is 0.149. The molecule has 1 aromatic rings. The van der Waals surface area contributed by atoms with Gasteiger partial charge in [0.1, 0.15) is 12.2 Å². The van der Waals surface area contributed by atoms with Crippen LogP contribution < -0.4 is 0 Å². The summed E-state index contributed by atoms with van der Waals surface area (Å²) in [5.41, 5.74) is 0. The average molecular weight is 183 g/mol. The van der Waals surface area contributed by atoms with Gasteiger partial charge in [-0.3, -0.25) is 9.89 Å². The number of nitrogens with zero attached hydrogens (tertiary/aromatic N) is 2. The van der Waals surface area contributed by atoms with Crippen LogP contribution in [0, 0.1) is 0 Å². The van der Waals surface area contributed by atoms with Gasteiger partial charge >= 0.3 is 5.97 Å². The van der Waals surface area contributed by atoms with Gasteiger partial charge in [0, 0.05) is 5.92 Å². The second-order valence-electron chi connectivity index (χ2n) is 3.05. The first-order valence-electron chi connectivity index (χ1n) is 4.11. The molecule has 0 amide bonds. The van der Waals surface area contributed by atoms with Gasteiger partial charge in [-0.05, 0) is 0 Å². The van der Waals surface area contributed by atoms with Gasteiger partial charge in [0.2, 0.25) is 0 Å². The molecule has 1 rings (SSSR count). The number of carbonyl (C=O) groups excluding carboxylic acids is 1. The van der Waals surface area contributed by atoms with E-state index in [0.717, 1.165) is 5.82 Å². The first-order chi connectivity index (χ1) is 6.13. The smallest absolute Gasteiger partial charge is 0.313 e. The van der Waals surface area contributed by atoms with E-state index in [9.17, 15) is 4.79 Å². The van der Waals surface area contributed by atoms with Crippen LogP contribution in [0.4, 0.5) is 0 Å². The quantitative estimate of drug-likeness (QED) is 0.698. The third-order valence-electron chi connectivity index (χ3n) is 1.60. The third-order valence-corrected chi connectivity index (χ3v) is 1.60. The Morgan fingerprint density at radius 1 is 1.62 bits per heavy atom. The van der Waals surface area contributed by atoms with Gasteiger partial charge in [-0.2, -0.15) is 5.10 Å². The number of esters is 1. The first kappa shape index (κ1) is 9.70. The van der Waals surface area contributed by atoms with Crippen molar-refractivity contribution < 1.29 is 9.53 Å². The molecule has 5 nitrogen and oxygen atoms in total. The van der Waals surface area contributed by atoms with Crippen LogP contribution in [0.2, 0.25) is 0 Å². The molecule has 1 aromatic heterocycles. The summed E-state index contributed by atoms with van der Waals surface area (Å²) in [5, 5.41) is 6.65. The SMILES string of the molecule is COC(=O)Cc1nc(C(C)C)n[nH]1. The van der Waals surface area contributed by atoms with E-state index in [1.54, 1.807) is 0 Å². The Labute approximate surface area is 76.5 Å². The van der Waals surface area contributed by atoms with Crippen molar-refractivity contribution >= 4 is 5.97 Å². The second-order valence-corrected chi connectivity index (χ2v) is 3.05. The molecule has 0 unspecified atom stereocenters. The molecule has 1 heterocycles. The Kier molecular flexibility index (Phi) is 3.00. The van der Waals surface area contributed by atoms with Crippen LogP contribution in [-0.4, -0.2) is 28.3 Å². The van der Waals surface area contributed by atoms with E-state index in [0.29, 0.717) is 5.82 Å². The Bertz CT molecular complexity index is 293. The highest BCUT2D eigenvalue weighted by Gasteiger charge is 2.10. The lowest BCUT2D eigenvalue weighted by atomic mass is 10.2. The summed E-state index contributed by atoms with van der Waals surface area (Å²) in [6.07, 6.45) is 0.149. The predicted octanol–water partition coefficient (Wildman–Crippen LogP) is 0.644. The summed E-state index contributed by atoms with van der Waals surface area (Å²) < 4.78 is 4.50. The molecule has 0 aliphatic rings. The van der Waals surface area contributed by atoms with E-state index >= 15 is 0 Å². The molecule has 0 bridgehead atoms. The molecular formula is C8H13N3O2. The lowest BCUT2D eigenvalue weighted by Gasteiger charge is -1.95. The highest BCUT2D eigenvalue weighted by atomic mass is 16.5. The maximum Gasteiger partial charge on any atom is 0.313 e. The number of hydrogen-bond acceptors (Lipinski definition) is 4. The van der Waals surface area contributed by atoms with E-state index in [4.69, 9.17) is 0 Å². The highest BCUT2D eigenvalue weighted by Crippen LogP contribution is 2.07. The number of aromatic nitrogens is 3. The van der Waals surface area contributed by atoms with Crippen molar-refractivity contribution in [2.45, 2.75) is 26.2 Å². The molecule has 0 aliphatic carbocycles. The van der Waals surface area contributed by atoms with Gasteiger partial charge in [-0.1, -0.05) is 13.8 Å². The Morgan fingerprint density at radius 3 is 2.77 bits per heavy atom. The fourth-order valence-corrected chi connectivity index (χ4v) is 0.856. The lowest BCUT2D eigenvalue weighted by molar-refractivity contribution is -0.139. The molecule has 0 atom stereocenters. The largest absolute Gasteiger partial charge is 0.469 e. The van der Waals surface area contributed by atoms with Crippen LogP contribution in [0.25, 0.3) is 0 Å². The molecule has 72 valence electrons. The summed E-state index contributed by atoms with van der Waals surface area (Å²) in [4.78, 5) is 15.0. The lowest BCUT2D eigenvalue weighted by Crippen LogP contribution is -2.05. The number of carbonyl (C=O) groups is 1. The molecule has 0 saturated heterocycles. The molecule has 0 aliphatic heterocycles. The van der Waals surface area contributed by atoms with E-state index in [-0.39, 0.29) is 18.3 Å². The number of ether oxygens (including phenoxy) is 1. The second kappa shape index (κ2) is 4.02. The zero-order valence-corrected chi connectivity index (χ0v) is 8.00. The van der Waals surface area contributed by atoms with Gasteiger partial charge in [-0.15, -0.1) is 0 Å². The van der Waals surface area contributed by atoms with E-state index in [2.05, 4.69) is 19.9 Å². The molecule has 0 radical (unpaired) electrons. The number of H-pyrrole nitrogens is 1. The van der Waals surface area contributed by atoms with E-state index in [1.165, 1.54) is 7.11 Å². The molecule has 0 aromatic carbocycles. The standard InChI is InChI=1S/C8H13N3O2/c1-5(2)8-9-6(10-11-8)4-7(12)13-3/h5H,4H2,1-3H3,(H,9,10,11). The molecule has 1 N–H and O–H groups in total. The first-order valence-corrected chi connectivity index (χ1v) is 4.11. The number of hydrogen-bond donors (Lipinski definition) is 1. The van der Waals surface area contributed by atoms with E-state index < -0.39 is 0 Å². The Balaban J connectivity index is 2.64. The zero-order chi connectivity index (χ0) is 9.84. The summed E-state index contributed by atoms with van der Waals surface area (Å²) in [6, 6.07) is 0. The fraction of sp³-hybridized carbons (Fsp3) is 0.625. The highest BCUT2D eigenvalue weighted by molar-refractivity contribution is 5.71. The average Bonchev–Trinajstić information content (AvgIpc) is 2.52. The topological polar surface area (TPSA) is 67.9 Å².